The zero-order valence-corrected chi connectivity index (χ0v) is 16.8. The molecule has 1 saturated heterocycles. The highest BCUT2D eigenvalue weighted by Gasteiger charge is 2.59. The average molecular weight is 456 g/mol. The second-order valence-corrected chi connectivity index (χ2v) is 8.15. The van der Waals surface area contributed by atoms with Gasteiger partial charge >= 0.3 is 11.9 Å². The molecule has 0 bridgehead atoms. The minimum absolute atomic E-state index is 0.0201. The first-order valence-corrected chi connectivity index (χ1v) is 9.98. The second kappa shape index (κ2) is 8.23. The zero-order chi connectivity index (χ0) is 23.4. The maximum absolute atomic E-state index is 12.3. The highest BCUT2D eigenvalue weighted by atomic mass is 16.8. The summed E-state index contributed by atoms with van der Waals surface area (Å²) >= 11 is 0. The number of carbonyl (C=O) groups excluding carboxylic acids is 1. The van der Waals surface area contributed by atoms with Crippen molar-refractivity contribution in [3.63, 3.8) is 0 Å². The number of hydrogen-bond acceptors (Lipinski definition) is 11. The number of ether oxygens (including phenoxy) is 4. The monoisotopic (exact) mass is 456 g/mol. The molecule has 176 valence electrons. The van der Waals surface area contributed by atoms with Crippen molar-refractivity contribution in [1.82, 2.24) is 0 Å². The molecule has 1 unspecified atom stereocenters. The third-order valence-corrected chi connectivity index (χ3v) is 6.15. The van der Waals surface area contributed by atoms with Crippen molar-refractivity contribution in [2.45, 2.75) is 55.6 Å². The summed E-state index contributed by atoms with van der Waals surface area (Å²) in [5, 5.41) is 59.1. The first kappa shape index (κ1) is 22.9. The summed E-state index contributed by atoms with van der Waals surface area (Å²) in [7, 11) is 0. The fraction of sp³-hybridized carbons (Fsp3) is 0.600. The van der Waals surface area contributed by atoms with E-state index in [-0.39, 0.29) is 11.1 Å². The number of esters is 1. The maximum Gasteiger partial charge on any atom is 0.337 e. The molecule has 12 nitrogen and oxygen atoms in total. The standard InChI is InChI=1S/C20H24O12/c1-7(22)9-4-20(32-17(9)28)3-2-8-10(16(26)27)6-29-18(12(8)20)31-19-15(25)14(24)13(23)11(5-21)30-19/h2-4,6-8,11-15,18-19,21-25H,5H2,1H3,(H,26,27)/t7-,8+,11+,12+,13+,14-,15+,18+,19-,20?/m0/s1. The molecule has 1 fully saturated rings. The number of carboxylic acids is 1. The summed E-state index contributed by atoms with van der Waals surface area (Å²) < 4.78 is 22.1. The van der Waals surface area contributed by atoms with E-state index in [1.165, 1.54) is 25.2 Å². The molecule has 1 aliphatic carbocycles. The molecule has 0 aromatic carbocycles. The van der Waals surface area contributed by atoms with Crippen LogP contribution >= 0.6 is 0 Å². The molecule has 0 radical (unpaired) electrons. The lowest BCUT2D eigenvalue weighted by Gasteiger charge is -2.44. The van der Waals surface area contributed by atoms with Crippen molar-refractivity contribution in [1.29, 1.82) is 0 Å². The van der Waals surface area contributed by atoms with E-state index in [0.29, 0.717) is 0 Å². The Morgan fingerprint density at radius 2 is 1.94 bits per heavy atom. The van der Waals surface area contributed by atoms with Gasteiger partial charge in [0.1, 0.15) is 24.4 Å². The van der Waals surface area contributed by atoms with Gasteiger partial charge in [-0.05, 0) is 19.1 Å². The number of carbonyl (C=O) groups is 2. The van der Waals surface area contributed by atoms with Gasteiger partial charge in [-0.15, -0.1) is 0 Å². The number of aliphatic carboxylic acids is 1. The SMILES string of the molecule is C[C@H](O)C1=CC2(C=C[C@@H]3C(C(=O)O)=CO[C@H](O[C@@H]4O[C@H](CO)[C@@H](O)[C@H](O)[C@H]4O)[C@@H]32)OC1=O. The van der Waals surface area contributed by atoms with Crippen molar-refractivity contribution in [2.24, 2.45) is 11.8 Å². The van der Waals surface area contributed by atoms with E-state index >= 15 is 0 Å². The molecular weight excluding hydrogens is 432 g/mol. The number of rotatable bonds is 5. The molecule has 0 aromatic rings. The van der Waals surface area contributed by atoms with E-state index in [1.807, 2.05) is 0 Å². The molecule has 32 heavy (non-hydrogen) atoms. The highest BCUT2D eigenvalue weighted by molar-refractivity contribution is 5.93. The number of fused-ring (bicyclic) bond motifs is 2. The number of hydrogen-bond donors (Lipinski definition) is 6. The first-order chi connectivity index (χ1) is 15.1. The van der Waals surface area contributed by atoms with E-state index < -0.39 is 79.1 Å². The van der Waals surface area contributed by atoms with Crippen molar-refractivity contribution in [3.8, 4) is 0 Å². The zero-order valence-electron chi connectivity index (χ0n) is 16.8. The molecule has 4 rings (SSSR count). The minimum Gasteiger partial charge on any atom is -0.478 e. The Hall–Kier alpha value is -2.32. The Bertz CT molecular complexity index is 876. The van der Waals surface area contributed by atoms with Crippen LogP contribution < -0.4 is 0 Å². The Balaban J connectivity index is 1.67. The molecule has 3 aliphatic heterocycles. The Kier molecular flexibility index (Phi) is 5.88. The lowest BCUT2D eigenvalue weighted by molar-refractivity contribution is -0.344. The van der Waals surface area contributed by atoms with Crippen LogP contribution in [-0.2, 0) is 28.5 Å². The van der Waals surface area contributed by atoms with Gasteiger partial charge < -0.3 is 49.6 Å². The molecule has 4 aliphatic rings. The van der Waals surface area contributed by atoms with Gasteiger partial charge in [0.15, 0.2) is 11.9 Å². The minimum atomic E-state index is -1.72. The summed E-state index contributed by atoms with van der Waals surface area (Å²) in [5.74, 6) is -3.86. The maximum atomic E-state index is 12.3. The normalized spacial score (nSPS) is 43.9. The number of carboxylic acid groups (broad SMARTS) is 1. The van der Waals surface area contributed by atoms with Crippen LogP contribution in [0.1, 0.15) is 6.92 Å². The fourth-order valence-electron chi connectivity index (χ4n) is 4.46. The van der Waals surface area contributed by atoms with Gasteiger partial charge in [-0.1, -0.05) is 6.08 Å². The summed E-state index contributed by atoms with van der Waals surface area (Å²) in [6, 6.07) is 0. The molecule has 6 N–H and O–H groups in total. The molecule has 1 spiro atoms. The van der Waals surface area contributed by atoms with Crippen LogP contribution in [-0.4, -0.2) is 97.9 Å². The van der Waals surface area contributed by atoms with E-state index in [0.717, 1.165) is 6.26 Å². The topological polar surface area (TPSA) is 192 Å². The largest absolute Gasteiger partial charge is 0.478 e. The predicted octanol–water partition coefficient (Wildman–Crippen LogP) is -2.47. The van der Waals surface area contributed by atoms with E-state index in [4.69, 9.17) is 18.9 Å². The molecule has 3 heterocycles. The Morgan fingerprint density at radius 3 is 2.53 bits per heavy atom. The van der Waals surface area contributed by atoms with Crippen LogP contribution in [0.4, 0.5) is 0 Å². The second-order valence-electron chi connectivity index (χ2n) is 8.15. The summed E-state index contributed by atoms with van der Waals surface area (Å²) in [6.45, 7) is 0.708. The Morgan fingerprint density at radius 1 is 1.22 bits per heavy atom. The van der Waals surface area contributed by atoms with Crippen molar-refractivity contribution in [3.05, 3.63) is 35.6 Å². The molecule has 10 atom stereocenters. The van der Waals surface area contributed by atoms with Crippen molar-refractivity contribution >= 4 is 11.9 Å². The third-order valence-electron chi connectivity index (χ3n) is 6.15. The lowest BCUT2D eigenvalue weighted by atomic mass is 9.78. The summed E-state index contributed by atoms with van der Waals surface area (Å²) in [5.41, 5.74) is -1.65. The molecule has 12 heteroatoms. The molecule has 0 saturated carbocycles. The van der Waals surface area contributed by atoms with Gasteiger partial charge in [-0.25, -0.2) is 9.59 Å². The van der Waals surface area contributed by atoms with E-state index in [2.05, 4.69) is 0 Å². The first-order valence-electron chi connectivity index (χ1n) is 9.98. The van der Waals surface area contributed by atoms with E-state index in [9.17, 15) is 40.2 Å². The third kappa shape index (κ3) is 3.53. The smallest absolute Gasteiger partial charge is 0.337 e. The number of aliphatic hydroxyl groups is 5. The van der Waals surface area contributed by atoms with Gasteiger partial charge in [0.2, 0.25) is 6.29 Å². The quantitative estimate of drug-likeness (QED) is 0.189. The van der Waals surface area contributed by atoms with Gasteiger partial charge in [-0.3, -0.25) is 0 Å². The molecule has 0 aromatic heterocycles. The highest BCUT2D eigenvalue weighted by Crippen LogP contribution is 2.50. The van der Waals surface area contributed by atoms with Crippen LogP contribution in [0.25, 0.3) is 0 Å². The van der Waals surface area contributed by atoms with Gasteiger partial charge in [0.25, 0.3) is 0 Å². The van der Waals surface area contributed by atoms with Gasteiger partial charge in [0.05, 0.1) is 36.0 Å². The number of allylic oxidation sites excluding steroid dienone is 1. The molecule has 0 amide bonds. The van der Waals surface area contributed by atoms with Crippen LogP contribution in [0.5, 0.6) is 0 Å². The summed E-state index contributed by atoms with van der Waals surface area (Å²) in [6.07, 6.45) is -4.95. The van der Waals surface area contributed by atoms with Crippen molar-refractivity contribution in [2.75, 3.05) is 6.61 Å². The van der Waals surface area contributed by atoms with Crippen LogP contribution in [0.3, 0.4) is 0 Å². The van der Waals surface area contributed by atoms with Crippen LogP contribution in [0, 0.1) is 11.8 Å². The summed E-state index contributed by atoms with van der Waals surface area (Å²) in [4.78, 5) is 24.0. The van der Waals surface area contributed by atoms with Crippen LogP contribution in [0.15, 0.2) is 35.6 Å². The van der Waals surface area contributed by atoms with Crippen molar-refractivity contribution < 1.29 is 59.2 Å². The molecular formula is C20H24O12. The van der Waals surface area contributed by atoms with Gasteiger partial charge in [0, 0.05) is 5.92 Å². The fourth-order valence-corrected chi connectivity index (χ4v) is 4.46. The lowest BCUT2D eigenvalue weighted by Crippen LogP contribution is -2.60. The number of aliphatic hydroxyl groups excluding tert-OH is 5. The van der Waals surface area contributed by atoms with E-state index in [1.54, 1.807) is 0 Å². The van der Waals surface area contributed by atoms with Gasteiger partial charge in [-0.2, -0.15) is 0 Å². The van der Waals surface area contributed by atoms with Crippen LogP contribution in [0.2, 0.25) is 0 Å². The Labute approximate surface area is 181 Å². The average Bonchev–Trinajstić information content (AvgIpc) is 3.28. The predicted molar refractivity (Wildman–Crippen MR) is 100 cm³/mol.